The largest absolute Gasteiger partial charge is 0.388 e. The molecule has 1 aliphatic carbocycles. The van der Waals surface area contributed by atoms with E-state index in [4.69, 9.17) is 0 Å². The molecule has 0 bridgehead atoms. The number of aromatic nitrogens is 1. The Morgan fingerprint density at radius 3 is 2.58 bits per heavy atom. The van der Waals surface area contributed by atoms with Gasteiger partial charge in [-0.1, -0.05) is 48.5 Å². The number of H-pyrrole nitrogens is 1. The van der Waals surface area contributed by atoms with E-state index in [-0.39, 0.29) is 11.3 Å². The molecule has 3 N–H and O–H groups in total. The quantitative estimate of drug-likeness (QED) is 0.674. The number of carbonyl (C=O) groups is 1. The first-order valence-electron chi connectivity index (χ1n) is 8.27. The summed E-state index contributed by atoms with van der Waals surface area (Å²) in [6.45, 7) is 0.488. The maximum Gasteiger partial charge on any atom is 0.253 e. The molecule has 0 spiro atoms. The van der Waals surface area contributed by atoms with Crippen LogP contribution >= 0.6 is 0 Å². The lowest BCUT2D eigenvalue weighted by molar-refractivity contribution is 0.0809. The van der Waals surface area contributed by atoms with E-state index in [1.54, 1.807) is 6.20 Å². The van der Waals surface area contributed by atoms with Crippen LogP contribution in [-0.2, 0) is 0 Å². The third-order valence-corrected chi connectivity index (χ3v) is 5.02. The van der Waals surface area contributed by atoms with Crippen molar-refractivity contribution in [2.75, 3.05) is 6.54 Å². The summed E-state index contributed by atoms with van der Waals surface area (Å²) in [5, 5.41) is 14.6. The second-order valence-electron chi connectivity index (χ2n) is 6.61. The maximum absolute atomic E-state index is 12.5. The second kappa shape index (κ2) is 5.80. The standard InChI is InChI=1S/C20H20N2O2/c23-18(14-6-2-1-3-7-14)20(10-11-20)13-22-19(24)16-12-21-17-9-5-4-8-15(16)17/h1-9,12,18,21,23H,10-11,13H2,(H,22,24)/t18-/m0/s1. The normalized spacial score (nSPS) is 16.7. The zero-order valence-corrected chi connectivity index (χ0v) is 13.3. The minimum Gasteiger partial charge on any atom is -0.388 e. The number of hydrogen-bond donors (Lipinski definition) is 3. The van der Waals surface area contributed by atoms with Gasteiger partial charge in [-0.25, -0.2) is 0 Å². The SMILES string of the molecule is O=C(NCC1([C@@H](O)c2ccccc2)CC1)c1c[nH]c2ccccc12. The molecule has 1 amide bonds. The fraction of sp³-hybridized carbons (Fsp3) is 0.250. The van der Waals surface area contributed by atoms with Crippen molar-refractivity contribution in [1.82, 2.24) is 10.3 Å². The number of para-hydroxylation sites is 1. The van der Waals surface area contributed by atoms with Crippen LogP contribution in [0, 0.1) is 5.41 Å². The van der Waals surface area contributed by atoms with Gasteiger partial charge in [0, 0.05) is 29.1 Å². The van der Waals surface area contributed by atoms with Gasteiger partial charge in [-0.05, 0) is 24.5 Å². The summed E-state index contributed by atoms with van der Waals surface area (Å²) in [6.07, 6.45) is 3.06. The molecule has 4 rings (SSSR count). The molecule has 1 fully saturated rings. The molecule has 122 valence electrons. The Balaban J connectivity index is 1.47. The Hall–Kier alpha value is -2.59. The first kappa shape index (κ1) is 15.0. The van der Waals surface area contributed by atoms with Crippen molar-refractivity contribution < 1.29 is 9.90 Å². The molecule has 3 aromatic rings. The molecule has 4 heteroatoms. The number of benzene rings is 2. The van der Waals surface area contributed by atoms with Crippen LogP contribution in [0.1, 0.15) is 34.9 Å². The van der Waals surface area contributed by atoms with Gasteiger partial charge in [0.25, 0.3) is 5.91 Å². The highest BCUT2D eigenvalue weighted by atomic mass is 16.3. The Morgan fingerprint density at radius 2 is 1.83 bits per heavy atom. The fourth-order valence-electron chi connectivity index (χ4n) is 3.31. The minimum absolute atomic E-state index is 0.0982. The van der Waals surface area contributed by atoms with Crippen molar-refractivity contribution in [3.05, 3.63) is 71.9 Å². The summed E-state index contributed by atoms with van der Waals surface area (Å²) >= 11 is 0. The summed E-state index contributed by atoms with van der Waals surface area (Å²) < 4.78 is 0. The predicted octanol–water partition coefficient (Wildman–Crippen LogP) is 3.41. The van der Waals surface area contributed by atoms with Crippen molar-refractivity contribution >= 4 is 16.8 Å². The fourth-order valence-corrected chi connectivity index (χ4v) is 3.31. The van der Waals surface area contributed by atoms with E-state index >= 15 is 0 Å². The molecule has 1 saturated carbocycles. The highest BCUT2D eigenvalue weighted by Crippen LogP contribution is 2.54. The van der Waals surface area contributed by atoms with Gasteiger partial charge >= 0.3 is 0 Å². The van der Waals surface area contributed by atoms with Crippen molar-refractivity contribution in [2.45, 2.75) is 18.9 Å². The molecule has 1 aromatic heterocycles. The summed E-state index contributed by atoms with van der Waals surface area (Å²) in [5.41, 5.74) is 2.28. The van der Waals surface area contributed by atoms with Crippen molar-refractivity contribution in [1.29, 1.82) is 0 Å². The lowest BCUT2D eigenvalue weighted by Crippen LogP contribution is -2.33. The Morgan fingerprint density at radius 1 is 1.12 bits per heavy atom. The van der Waals surface area contributed by atoms with E-state index < -0.39 is 6.10 Å². The highest BCUT2D eigenvalue weighted by Gasteiger charge is 2.49. The second-order valence-corrected chi connectivity index (χ2v) is 6.61. The number of aliphatic hydroxyl groups excluding tert-OH is 1. The molecule has 24 heavy (non-hydrogen) atoms. The van der Waals surface area contributed by atoms with E-state index in [2.05, 4.69) is 10.3 Å². The number of nitrogens with one attached hydrogen (secondary N) is 2. The van der Waals surface area contributed by atoms with E-state index in [0.29, 0.717) is 12.1 Å². The van der Waals surface area contributed by atoms with Gasteiger partial charge in [0.15, 0.2) is 0 Å². The number of rotatable bonds is 5. The number of aromatic amines is 1. The van der Waals surface area contributed by atoms with E-state index in [0.717, 1.165) is 29.3 Å². The van der Waals surface area contributed by atoms with Crippen LogP contribution < -0.4 is 5.32 Å². The van der Waals surface area contributed by atoms with Gasteiger partial charge in [-0.3, -0.25) is 4.79 Å². The number of hydrogen-bond acceptors (Lipinski definition) is 2. The number of fused-ring (bicyclic) bond motifs is 1. The van der Waals surface area contributed by atoms with Crippen LogP contribution in [-0.4, -0.2) is 22.5 Å². The van der Waals surface area contributed by atoms with Gasteiger partial charge in [0.05, 0.1) is 11.7 Å². The Kier molecular flexibility index (Phi) is 3.62. The van der Waals surface area contributed by atoms with Gasteiger partial charge in [-0.15, -0.1) is 0 Å². The van der Waals surface area contributed by atoms with Crippen LogP contribution in [0.25, 0.3) is 10.9 Å². The summed E-state index contributed by atoms with van der Waals surface area (Å²) in [6, 6.07) is 17.4. The Bertz CT molecular complexity index is 865. The molecule has 1 aliphatic rings. The van der Waals surface area contributed by atoms with Gasteiger partial charge in [0.2, 0.25) is 0 Å². The van der Waals surface area contributed by atoms with Crippen LogP contribution in [0.5, 0.6) is 0 Å². The summed E-state index contributed by atoms with van der Waals surface area (Å²) in [4.78, 5) is 15.7. The lowest BCUT2D eigenvalue weighted by atomic mass is 9.92. The monoisotopic (exact) mass is 320 g/mol. The summed E-state index contributed by atoms with van der Waals surface area (Å²) in [7, 11) is 0. The van der Waals surface area contributed by atoms with Crippen molar-refractivity contribution in [3.63, 3.8) is 0 Å². The van der Waals surface area contributed by atoms with E-state index in [1.807, 2.05) is 54.6 Å². The maximum atomic E-state index is 12.5. The average Bonchev–Trinajstić information content (AvgIpc) is 3.31. The third-order valence-electron chi connectivity index (χ3n) is 5.02. The lowest BCUT2D eigenvalue weighted by Gasteiger charge is -2.23. The zero-order chi connectivity index (χ0) is 16.6. The van der Waals surface area contributed by atoms with Crippen LogP contribution in [0.3, 0.4) is 0 Å². The molecular formula is C20H20N2O2. The van der Waals surface area contributed by atoms with Crippen LogP contribution in [0.4, 0.5) is 0 Å². The predicted molar refractivity (Wildman–Crippen MR) is 93.7 cm³/mol. The number of carbonyl (C=O) groups excluding carboxylic acids is 1. The van der Waals surface area contributed by atoms with Gasteiger partial charge in [-0.2, -0.15) is 0 Å². The molecule has 0 saturated heterocycles. The van der Waals surface area contributed by atoms with Crippen molar-refractivity contribution in [2.24, 2.45) is 5.41 Å². The molecule has 4 nitrogen and oxygen atoms in total. The molecule has 0 aliphatic heterocycles. The number of aliphatic hydroxyl groups is 1. The molecular weight excluding hydrogens is 300 g/mol. The third kappa shape index (κ3) is 2.59. The first-order chi connectivity index (χ1) is 11.7. The van der Waals surface area contributed by atoms with E-state index in [9.17, 15) is 9.90 Å². The molecule has 0 radical (unpaired) electrons. The Labute approximate surface area is 140 Å². The van der Waals surface area contributed by atoms with E-state index in [1.165, 1.54) is 0 Å². The smallest absolute Gasteiger partial charge is 0.253 e. The minimum atomic E-state index is -0.540. The molecule has 1 atom stereocenters. The number of amides is 1. The molecule has 1 heterocycles. The topological polar surface area (TPSA) is 65.1 Å². The first-order valence-corrected chi connectivity index (χ1v) is 8.27. The zero-order valence-electron chi connectivity index (χ0n) is 13.3. The molecule has 2 aromatic carbocycles. The average molecular weight is 320 g/mol. The highest BCUT2D eigenvalue weighted by molar-refractivity contribution is 6.06. The molecule has 0 unspecified atom stereocenters. The van der Waals surface area contributed by atoms with Crippen LogP contribution in [0.15, 0.2) is 60.8 Å². The van der Waals surface area contributed by atoms with Gasteiger partial charge < -0.3 is 15.4 Å². The van der Waals surface area contributed by atoms with Crippen molar-refractivity contribution in [3.8, 4) is 0 Å². The van der Waals surface area contributed by atoms with Crippen LogP contribution in [0.2, 0.25) is 0 Å². The summed E-state index contributed by atoms with van der Waals surface area (Å²) in [5.74, 6) is -0.0982. The van der Waals surface area contributed by atoms with Gasteiger partial charge in [0.1, 0.15) is 0 Å².